The molecule has 3 amide bonds. The number of imidazole rings is 1. The average molecular weight is 526 g/mol. The molecule has 0 aromatic carbocycles. The number of carboxylic acid groups (broad SMARTS) is 2. The van der Waals surface area contributed by atoms with Crippen molar-refractivity contribution < 1.29 is 34.2 Å². The third kappa shape index (κ3) is 12.3. The first-order valence-electron chi connectivity index (χ1n) is 12.2. The largest absolute Gasteiger partial charge is 0.481 e. The van der Waals surface area contributed by atoms with Crippen LogP contribution in [0.4, 0.5) is 0 Å². The maximum absolute atomic E-state index is 13.1. The van der Waals surface area contributed by atoms with Gasteiger partial charge in [0.2, 0.25) is 17.7 Å². The quantitative estimate of drug-likeness (QED) is 0.107. The van der Waals surface area contributed by atoms with Crippen molar-refractivity contribution in [1.82, 2.24) is 25.9 Å². The molecule has 0 radical (unpaired) electrons. The van der Waals surface area contributed by atoms with Gasteiger partial charge in [0.25, 0.3) is 0 Å². The van der Waals surface area contributed by atoms with E-state index >= 15 is 0 Å². The smallest absolute Gasteiger partial charge is 0.326 e. The van der Waals surface area contributed by atoms with E-state index in [-0.39, 0.29) is 25.2 Å². The minimum Gasteiger partial charge on any atom is -0.481 e. The number of nitrogens with one attached hydrogen (secondary N) is 4. The molecule has 10 N–H and O–H groups in total. The van der Waals surface area contributed by atoms with Gasteiger partial charge in [0.1, 0.15) is 18.1 Å². The number of aliphatic carboxylic acids is 2. The molecule has 1 heterocycles. The minimum absolute atomic E-state index is 0.0124. The summed E-state index contributed by atoms with van der Waals surface area (Å²) >= 11 is 0. The van der Waals surface area contributed by atoms with Crippen molar-refractivity contribution in [3.63, 3.8) is 0 Å². The number of rotatable bonds is 18. The van der Waals surface area contributed by atoms with Gasteiger partial charge in [-0.05, 0) is 38.1 Å². The molecule has 0 fully saturated rings. The van der Waals surface area contributed by atoms with Crippen molar-refractivity contribution in [3.05, 3.63) is 18.2 Å². The number of carbonyl (C=O) groups excluding carboxylic acids is 3. The zero-order chi connectivity index (χ0) is 28.0. The van der Waals surface area contributed by atoms with E-state index in [0.717, 1.165) is 0 Å². The number of aromatic nitrogens is 2. The monoisotopic (exact) mass is 525 g/mol. The molecule has 208 valence electrons. The Labute approximate surface area is 215 Å². The number of carboxylic acids is 2. The Morgan fingerprint density at radius 2 is 1.57 bits per heavy atom. The van der Waals surface area contributed by atoms with E-state index in [1.54, 1.807) is 0 Å². The standard InChI is InChI=1S/C23H39N7O7/c1-13(2)9-17(29-20(33)15(25)5-3-4-8-24)22(35)28-16(6-7-19(31)32)21(34)30-18(23(36)37)10-14-11-26-12-27-14/h11-13,15-18H,3-10,24-25H2,1-2H3,(H,26,27)(H,28,35)(H,29,33)(H,30,34)(H,31,32)(H,36,37). The van der Waals surface area contributed by atoms with Crippen molar-refractivity contribution in [3.8, 4) is 0 Å². The van der Waals surface area contributed by atoms with Crippen molar-refractivity contribution in [2.75, 3.05) is 6.54 Å². The highest BCUT2D eigenvalue weighted by atomic mass is 16.4. The predicted molar refractivity (Wildman–Crippen MR) is 133 cm³/mol. The van der Waals surface area contributed by atoms with E-state index in [1.807, 2.05) is 13.8 Å². The second-order valence-electron chi connectivity index (χ2n) is 9.26. The lowest BCUT2D eigenvalue weighted by molar-refractivity contribution is -0.143. The summed E-state index contributed by atoms with van der Waals surface area (Å²) in [5.74, 6) is -4.64. The van der Waals surface area contributed by atoms with Gasteiger partial charge in [-0.2, -0.15) is 0 Å². The zero-order valence-corrected chi connectivity index (χ0v) is 21.2. The number of amides is 3. The molecule has 1 aromatic rings. The summed E-state index contributed by atoms with van der Waals surface area (Å²) in [6.45, 7) is 4.15. The highest BCUT2D eigenvalue weighted by Crippen LogP contribution is 2.09. The average Bonchev–Trinajstić information content (AvgIpc) is 3.33. The Kier molecular flexibility index (Phi) is 13.9. The molecule has 1 rings (SSSR count). The second-order valence-corrected chi connectivity index (χ2v) is 9.26. The lowest BCUT2D eigenvalue weighted by Gasteiger charge is -2.26. The summed E-state index contributed by atoms with van der Waals surface area (Å²) in [7, 11) is 0. The van der Waals surface area contributed by atoms with Crippen LogP contribution in [0.1, 0.15) is 58.1 Å². The van der Waals surface area contributed by atoms with Gasteiger partial charge in [-0.25, -0.2) is 9.78 Å². The molecule has 0 spiro atoms. The molecular weight excluding hydrogens is 486 g/mol. The fraction of sp³-hybridized carbons (Fsp3) is 0.652. The van der Waals surface area contributed by atoms with E-state index in [2.05, 4.69) is 25.9 Å². The highest BCUT2D eigenvalue weighted by Gasteiger charge is 2.31. The molecule has 4 atom stereocenters. The second kappa shape index (κ2) is 16.3. The van der Waals surface area contributed by atoms with Gasteiger partial charge in [0.15, 0.2) is 0 Å². The Bertz CT molecular complexity index is 892. The normalized spacial score (nSPS) is 14.3. The van der Waals surface area contributed by atoms with Crippen LogP contribution in [0.25, 0.3) is 0 Å². The Hall–Kier alpha value is -3.52. The molecule has 14 heteroatoms. The summed E-state index contributed by atoms with van der Waals surface area (Å²) in [6, 6.07) is -4.58. The number of H-pyrrole nitrogens is 1. The Morgan fingerprint density at radius 1 is 0.946 bits per heavy atom. The van der Waals surface area contributed by atoms with E-state index in [9.17, 15) is 29.1 Å². The van der Waals surface area contributed by atoms with Crippen LogP contribution in [-0.4, -0.2) is 80.6 Å². The molecule has 37 heavy (non-hydrogen) atoms. The van der Waals surface area contributed by atoms with Crippen LogP contribution >= 0.6 is 0 Å². The van der Waals surface area contributed by atoms with Crippen LogP contribution in [0.15, 0.2) is 12.5 Å². The van der Waals surface area contributed by atoms with Crippen molar-refractivity contribution in [1.29, 1.82) is 0 Å². The molecule has 1 aromatic heterocycles. The third-order valence-electron chi connectivity index (χ3n) is 5.52. The van der Waals surface area contributed by atoms with E-state index in [4.69, 9.17) is 16.6 Å². The van der Waals surface area contributed by atoms with Crippen molar-refractivity contribution in [2.45, 2.75) is 83.0 Å². The summed E-state index contributed by atoms with van der Waals surface area (Å²) in [5.41, 5.74) is 11.8. The Morgan fingerprint density at radius 3 is 2.11 bits per heavy atom. The van der Waals surface area contributed by atoms with Crippen LogP contribution in [0.2, 0.25) is 0 Å². The van der Waals surface area contributed by atoms with Gasteiger partial charge < -0.3 is 42.6 Å². The van der Waals surface area contributed by atoms with Gasteiger partial charge in [-0.15, -0.1) is 0 Å². The maximum atomic E-state index is 13.1. The van der Waals surface area contributed by atoms with Crippen molar-refractivity contribution in [2.24, 2.45) is 17.4 Å². The minimum atomic E-state index is -1.35. The zero-order valence-electron chi connectivity index (χ0n) is 21.2. The van der Waals surface area contributed by atoms with E-state index < -0.39 is 60.2 Å². The highest BCUT2D eigenvalue weighted by molar-refractivity contribution is 5.94. The molecule has 0 aliphatic rings. The number of carbonyl (C=O) groups is 5. The Balaban J connectivity index is 2.97. The van der Waals surface area contributed by atoms with Gasteiger partial charge in [0.05, 0.1) is 12.4 Å². The van der Waals surface area contributed by atoms with Gasteiger partial charge in [0, 0.05) is 24.7 Å². The summed E-state index contributed by atoms with van der Waals surface area (Å²) in [5, 5.41) is 26.0. The first-order valence-corrected chi connectivity index (χ1v) is 12.2. The lowest BCUT2D eigenvalue weighted by atomic mass is 10.0. The van der Waals surface area contributed by atoms with Crippen molar-refractivity contribution >= 4 is 29.7 Å². The molecule has 0 saturated heterocycles. The molecule has 0 saturated carbocycles. The summed E-state index contributed by atoms with van der Waals surface area (Å²) < 4.78 is 0. The number of hydrogen-bond acceptors (Lipinski definition) is 8. The molecule has 14 nitrogen and oxygen atoms in total. The molecule has 0 aliphatic heterocycles. The van der Waals surface area contributed by atoms with E-state index in [1.165, 1.54) is 12.5 Å². The number of nitrogens with zero attached hydrogens (tertiary/aromatic N) is 1. The fourth-order valence-corrected chi connectivity index (χ4v) is 3.52. The molecule has 0 bridgehead atoms. The number of unbranched alkanes of at least 4 members (excludes halogenated alkanes) is 1. The van der Waals surface area contributed by atoms with E-state index in [0.29, 0.717) is 31.5 Å². The lowest BCUT2D eigenvalue weighted by Crippen LogP contribution is -2.57. The maximum Gasteiger partial charge on any atom is 0.326 e. The van der Waals surface area contributed by atoms with Gasteiger partial charge in [-0.3, -0.25) is 19.2 Å². The summed E-state index contributed by atoms with van der Waals surface area (Å²) in [4.78, 5) is 68.0. The number of nitrogens with two attached hydrogens (primary N) is 2. The van der Waals surface area contributed by atoms with Gasteiger partial charge in [-0.1, -0.05) is 20.3 Å². The van der Waals surface area contributed by atoms with Crippen LogP contribution in [0.3, 0.4) is 0 Å². The topological polar surface area (TPSA) is 243 Å². The third-order valence-corrected chi connectivity index (χ3v) is 5.52. The fourth-order valence-electron chi connectivity index (χ4n) is 3.52. The first-order chi connectivity index (χ1) is 17.4. The first kappa shape index (κ1) is 31.5. The van der Waals surface area contributed by atoms with Crippen LogP contribution in [0.5, 0.6) is 0 Å². The van der Waals surface area contributed by atoms with Crippen LogP contribution in [-0.2, 0) is 30.4 Å². The van der Waals surface area contributed by atoms with Crippen LogP contribution < -0.4 is 27.4 Å². The summed E-state index contributed by atoms with van der Waals surface area (Å²) in [6.07, 6.45) is 3.89. The van der Waals surface area contributed by atoms with Crippen LogP contribution in [0, 0.1) is 5.92 Å². The molecule has 0 aliphatic carbocycles. The molecule has 4 unspecified atom stereocenters. The predicted octanol–water partition coefficient (Wildman–Crippen LogP) is -1.14. The number of aromatic amines is 1. The molecular formula is C23H39N7O7. The number of hydrogen-bond donors (Lipinski definition) is 8. The van der Waals surface area contributed by atoms with Gasteiger partial charge >= 0.3 is 11.9 Å². The SMILES string of the molecule is CC(C)CC(NC(=O)C(N)CCCCN)C(=O)NC(CCC(=O)O)C(=O)NC(Cc1cnc[nH]1)C(=O)O.